The van der Waals surface area contributed by atoms with E-state index < -0.39 is 11.9 Å². The van der Waals surface area contributed by atoms with Gasteiger partial charge in [0, 0.05) is 13.7 Å². The molecule has 0 aliphatic rings. The van der Waals surface area contributed by atoms with Crippen LogP contribution in [0.1, 0.15) is 6.92 Å². The Labute approximate surface area is 100 Å². The van der Waals surface area contributed by atoms with Crippen LogP contribution in [0.5, 0.6) is 0 Å². The lowest BCUT2D eigenvalue weighted by molar-refractivity contribution is -0.120. The Morgan fingerprint density at radius 1 is 1.53 bits per heavy atom. The number of benzene rings is 1. The maximum Gasteiger partial charge on any atom is 0.246 e. The molecule has 0 radical (unpaired) electrons. The number of likely N-dealkylation sites (N-methyl/N-ethyl adjacent to an activating group) is 1. The maximum atomic E-state index is 13.6. The van der Waals surface area contributed by atoms with Crippen molar-refractivity contribution in [3.63, 3.8) is 0 Å². The summed E-state index contributed by atoms with van der Waals surface area (Å²) < 4.78 is 18.4. The number of hydrogen-bond donors (Lipinski definition) is 1. The Bertz CT molecular complexity index is 385. The van der Waals surface area contributed by atoms with E-state index in [1.165, 1.54) is 18.1 Å². The van der Waals surface area contributed by atoms with E-state index >= 15 is 0 Å². The molecule has 0 aromatic heterocycles. The number of ether oxygens (including phenoxy) is 1. The minimum atomic E-state index is -0.778. The molecule has 0 saturated carbocycles. The number of halogens is 1. The van der Waals surface area contributed by atoms with Gasteiger partial charge in [0.15, 0.2) is 0 Å². The highest BCUT2D eigenvalue weighted by atomic mass is 19.1. The van der Waals surface area contributed by atoms with Crippen molar-refractivity contribution >= 4 is 11.6 Å². The molecule has 0 aliphatic carbocycles. The molecule has 1 aromatic carbocycles. The summed E-state index contributed by atoms with van der Waals surface area (Å²) in [4.78, 5) is 13.3. The summed E-state index contributed by atoms with van der Waals surface area (Å²) >= 11 is 0. The number of carbonyl (C=O) groups is 1. The predicted molar refractivity (Wildman–Crippen MR) is 64.3 cm³/mol. The molecule has 1 amide bonds. The monoisotopic (exact) mass is 240 g/mol. The molecule has 0 bridgehead atoms. The third-order valence-corrected chi connectivity index (χ3v) is 2.39. The molecule has 4 nitrogen and oxygen atoms in total. The zero-order chi connectivity index (χ0) is 12.8. The van der Waals surface area contributed by atoms with Gasteiger partial charge in [0.2, 0.25) is 5.91 Å². The largest absolute Gasteiger partial charge is 0.383 e. The van der Waals surface area contributed by atoms with E-state index in [2.05, 4.69) is 0 Å². The highest BCUT2D eigenvalue weighted by Crippen LogP contribution is 2.18. The van der Waals surface area contributed by atoms with Crippen molar-refractivity contribution in [2.75, 3.05) is 25.2 Å². The molecule has 1 rings (SSSR count). The first-order valence-corrected chi connectivity index (χ1v) is 5.42. The summed E-state index contributed by atoms with van der Waals surface area (Å²) in [7, 11) is 1.46. The van der Waals surface area contributed by atoms with E-state index in [1.54, 1.807) is 25.1 Å². The highest BCUT2D eigenvalue weighted by Gasteiger charge is 2.22. The van der Waals surface area contributed by atoms with E-state index in [4.69, 9.17) is 10.5 Å². The zero-order valence-electron chi connectivity index (χ0n) is 10.0. The highest BCUT2D eigenvalue weighted by molar-refractivity contribution is 5.97. The number of rotatable bonds is 5. The third-order valence-electron chi connectivity index (χ3n) is 2.39. The lowest BCUT2D eigenvalue weighted by Gasteiger charge is -2.24. The van der Waals surface area contributed by atoms with Gasteiger partial charge < -0.3 is 15.4 Å². The third kappa shape index (κ3) is 3.25. The number of anilines is 1. The Morgan fingerprint density at radius 3 is 2.71 bits per heavy atom. The van der Waals surface area contributed by atoms with Crippen molar-refractivity contribution in [3.05, 3.63) is 30.1 Å². The lowest BCUT2D eigenvalue weighted by Crippen LogP contribution is -2.46. The molecule has 1 atom stereocenters. The molecule has 0 heterocycles. The number of amides is 1. The lowest BCUT2D eigenvalue weighted by atomic mass is 10.2. The van der Waals surface area contributed by atoms with Gasteiger partial charge in [-0.1, -0.05) is 12.1 Å². The van der Waals surface area contributed by atoms with Crippen molar-refractivity contribution < 1.29 is 13.9 Å². The van der Waals surface area contributed by atoms with Crippen molar-refractivity contribution in [1.29, 1.82) is 0 Å². The summed E-state index contributed by atoms with van der Waals surface area (Å²) in [6.45, 7) is 2.24. The van der Waals surface area contributed by atoms with Crippen LogP contribution in [0.2, 0.25) is 0 Å². The second-order valence-electron chi connectivity index (χ2n) is 3.60. The summed E-state index contributed by atoms with van der Waals surface area (Å²) in [5.74, 6) is -0.785. The van der Waals surface area contributed by atoms with Gasteiger partial charge in [0.1, 0.15) is 11.9 Å². The normalized spacial score (nSPS) is 12.2. The average molecular weight is 240 g/mol. The number of nitrogens with zero attached hydrogens (tertiary/aromatic N) is 1. The molecule has 0 saturated heterocycles. The molecule has 1 aromatic rings. The smallest absolute Gasteiger partial charge is 0.246 e. The van der Waals surface area contributed by atoms with Gasteiger partial charge in [-0.3, -0.25) is 4.79 Å². The summed E-state index contributed by atoms with van der Waals surface area (Å²) in [5, 5.41) is 0. The van der Waals surface area contributed by atoms with E-state index in [0.29, 0.717) is 6.54 Å². The quantitative estimate of drug-likeness (QED) is 0.840. The summed E-state index contributed by atoms with van der Waals surface area (Å²) in [5.41, 5.74) is 5.90. The van der Waals surface area contributed by atoms with Crippen LogP contribution in [0.4, 0.5) is 10.1 Å². The van der Waals surface area contributed by atoms with E-state index in [9.17, 15) is 9.18 Å². The van der Waals surface area contributed by atoms with Crippen LogP contribution in [0.15, 0.2) is 24.3 Å². The van der Waals surface area contributed by atoms with Crippen LogP contribution in [-0.2, 0) is 9.53 Å². The average Bonchev–Trinajstić information content (AvgIpc) is 2.32. The van der Waals surface area contributed by atoms with Crippen LogP contribution in [-0.4, -0.2) is 32.2 Å². The Kier molecular flexibility index (Phi) is 5.06. The van der Waals surface area contributed by atoms with Crippen LogP contribution in [0.25, 0.3) is 0 Å². The van der Waals surface area contributed by atoms with Crippen LogP contribution < -0.4 is 10.6 Å². The predicted octanol–water partition coefficient (Wildman–Crippen LogP) is 1.15. The zero-order valence-corrected chi connectivity index (χ0v) is 10.0. The molecule has 17 heavy (non-hydrogen) atoms. The number of methoxy groups -OCH3 is 1. The fraction of sp³-hybridized carbons (Fsp3) is 0.417. The molecule has 0 aliphatic heterocycles. The Morgan fingerprint density at radius 2 is 2.18 bits per heavy atom. The SMILES string of the molecule is CCN(C(=O)C(N)COC)c1ccccc1F. The molecular formula is C12H17FN2O2. The molecule has 0 spiro atoms. The van der Waals surface area contributed by atoms with Crippen LogP contribution >= 0.6 is 0 Å². The van der Waals surface area contributed by atoms with Gasteiger partial charge >= 0.3 is 0 Å². The molecular weight excluding hydrogens is 223 g/mol. The number of nitrogens with two attached hydrogens (primary N) is 1. The Balaban J connectivity index is 2.92. The van der Waals surface area contributed by atoms with Crippen LogP contribution in [0.3, 0.4) is 0 Å². The second-order valence-corrected chi connectivity index (χ2v) is 3.60. The van der Waals surface area contributed by atoms with E-state index in [1.807, 2.05) is 0 Å². The second kappa shape index (κ2) is 6.32. The van der Waals surface area contributed by atoms with Gasteiger partial charge in [-0.15, -0.1) is 0 Å². The van der Waals surface area contributed by atoms with Crippen molar-refractivity contribution in [1.82, 2.24) is 0 Å². The number of hydrogen-bond acceptors (Lipinski definition) is 3. The minimum absolute atomic E-state index is 0.115. The van der Waals surface area contributed by atoms with Gasteiger partial charge in [-0.2, -0.15) is 0 Å². The molecule has 2 N–H and O–H groups in total. The topological polar surface area (TPSA) is 55.6 Å². The molecule has 5 heteroatoms. The van der Waals surface area contributed by atoms with Gasteiger partial charge in [0.25, 0.3) is 0 Å². The fourth-order valence-corrected chi connectivity index (χ4v) is 1.57. The van der Waals surface area contributed by atoms with Crippen LogP contribution in [0, 0.1) is 5.82 Å². The fourth-order valence-electron chi connectivity index (χ4n) is 1.57. The first-order valence-electron chi connectivity index (χ1n) is 5.42. The standard InChI is InChI=1S/C12H17FN2O2/c1-3-15(12(16)10(14)8-17-2)11-7-5-4-6-9(11)13/h4-7,10H,3,8,14H2,1-2H3. The summed E-state index contributed by atoms with van der Waals surface area (Å²) in [6.07, 6.45) is 0. The van der Waals surface area contributed by atoms with Crippen molar-refractivity contribution in [3.8, 4) is 0 Å². The van der Waals surface area contributed by atoms with E-state index in [-0.39, 0.29) is 18.2 Å². The van der Waals surface area contributed by atoms with Gasteiger partial charge in [0.05, 0.1) is 12.3 Å². The number of para-hydroxylation sites is 1. The first-order chi connectivity index (χ1) is 8.11. The number of carbonyl (C=O) groups excluding carboxylic acids is 1. The van der Waals surface area contributed by atoms with Crippen molar-refractivity contribution in [2.24, 2.45) is 5.73 Å². The minimum Gasteiger partial charge on any atom is -0.383 e. The first kappa shape index (κ1) is 13.6. The molecule has 94 valence electrons. The summed E-state index contributed by atoms with van der Waals surface area (Å²) in [6, 6.07) is 5.34. The van der Waals surface area contributed by atoms with Crippen molar-refractivity contribution in [2.45, 2.75) is 13.0 Å². The Hall–Kier alpha value is -1.46. The van der Waals surface area contributed by atoms with Gasteiger partial charge in [-0.25, -0.2) is 4.39 Å². The maximum absolute atomic E-state index is 13.6. The van der Waals surface area contributed by atoms with Gasteiger partial charge in [-0.05, 0) is 19.1 Å². The molecule has 1 unspecified atom stereocenters. The van der Waals surface area contributed by atoms with E-state index in [0.717, 1.165) is 0 Å². The molecule has 0 fully saturated rings.